The van der Waals surface area contributed by atoms with Crippen LogP contribution in [0.3, 0.4) is 0 Å². The molecule has 0 aliphatic rings. The van der Waals surface area contributed by atoms with Gasteiger partial charge in [0.15, 0.2) is 0 Å². The second kappa shape index (κ2) is 5.09. The topological polar surface area (TPSA) is 71.1 Å². The number of benzene rings is 1. The molecule has 0 unspecified atom stereocenters. The zero-order valence-electron chi connectivity index (χ0n) is 8.84. The first-order valence-electron chi connectivity index (χ1n) is 4.62. The number of guanidine groups is 1. The fourth-order valence-corrected chi connectivity index (χ4v) is 1.36. The fraction of sp³-hybridized carbons (Fsp3) is 0.300. The van der Waals surface area contributed by atoms with Crippen LogP contribution in [0.5, 0.6) is 5.75 Å². The van der Waals surface area contributed by atoms with Crippen molar-refractivity contribution in [3.05, 3.63) is 24.3 Å². The highest BCUT2D eigenvalue weighted by Gasteiger charge is 2.13. The van der Waals surface area contributed by atoms with Crippen LogP contribution in [0.25, 0.3) is 0 Å². The minimum absolute atomic E-state index is 0.0435. The minimum atomic E-state index is 0.0435. The molecule has 0 heterocycles. The van der Waals surface area contributed by atoms with Crippen molar-refractivity contribution >= 4 is 11.6 Å². The van der Waals surface area contributed by atoms with Crippen LogP contribution in [-0.4, -0.2) is 24.8 Å². The van der Waals surface area contributed by atoms with Crippen LogP contribution in [-0.2, 0) is 0 Å². The van der Waals surface area contributed by atoms with Gasteiger partial charge in [0.05, 0.1) is 12.8 Å². The van der Waals surface area contributed by atoms with E-state index in [0.717, 1.165) is 5.69 Å². The molecule has 0 saturated carbocycles. The Bertz CT molecular complexity index is 352. The Morgan fingerprint density at radius 2 is 2.20 bits per heavy atom. The maximum absolute atomic E-state index is 8.64. The molecule has 0 aliphatic carbocycles. The molecule has 1 aromatic carbocycles. The number of methoxy groups -OCH3 is 1. The number of para-hydroxylation sites is 2. The predicted molar refractivity (Wildman–Crippen MR) is 59.4 cm³/mol. The molecule has 5 heteroatoms. The Labute approximate surface area is 88.7 Å². The van der Waals surface area contributed by atoms with Crippen molar-refractivity contribution in [2.24, 2.45) is 10.9 Å². The van der Waals surface area contributed by atoms with Gasteiger partial charge in [-0.15, -0.1) is 0 Å². The van der Waals surface area contributed by atoms with E-state index in [0.29, 0.717) is 12.3 Å². The van der Waals surface area contributed by atoms with Crippen molar-refractivity contribution in [1.29, 1.82) is 0 Å². The Balaban J connectivity index is 3.11. The van der Waals surface area contributed by atoms with E-state index < -0.39 is 0 Å². The molecule has 0 aromatic heterocycles. The zero-order valence-corrected chi connectivity index (χ0v) is 8.84. The van der Waals surface area contributed by atoms with Gasteiger partial charge in [0.25, 0.3) is 0 Å². The van der Waals surface area contributed by atoms with Crippen LogP contribution >= 0.6 is 0 Å². The highest BCUT2D eigenvalue weighted by molar-refractivity contribution is 5.95. The number of hydrogen-bond donors (Lipinski definition) is 2. The molecule has 0 bridgehead atoms. The van der Waals surface area contributed by atoms with Gasteiger partial charge in [-0.3, -0.25) is 0 Å². The lowest BCUT2D eigenvalue weighted by Crippen LogP contribution is -2.37. The lowest BCUT2D eigenvalue weighted by atomic mass is 10.2. The summed E-state index contributed by atoms with van der Waals surface area (Å²) in [5.41, 5.74) is 6.33. The summed E-state index contributed by atoms with van der Waals surface area (Å²) >= 11 is 0. The zero-order chi connectivity index (χ0) is 11.3. The predicted octanol–water partition coefficient (Wildman–Crippen LogP) is 1.23. The second-order valence-electron chi connectivity index (χ2n) is 2.87. The molecule has 0 saturated heterocycles. The molecule has 1 rings (SSSR count). The fourth-order valence-electron chi connectivity index (χ4n) is 1.36. The molecule has 0 spiro atoms. The molecule has 0 atom stereocenters. The summed E-state index contributed by atoms with van der Waals surface area (Å²) in [7, 11) is 1.58. The van der Waals surface area contributed by atoms with E-state index in [1.807, 2.05) is 31.2 Å². The van der Waals surface area contributed by atoms with Crippen LogP contribution in [0.2, 0.25) is 0 Å². The Kier molecular flexibility index (Phi) is 3.79. The SMILES string of the molecule is CCN(/C(N)=N/O)c1ccccc1OC. The Morgan fingerprint density at radius 1 is 1.53 bits per heavy atom. The van der Waals surface area contributed by atoms with Crippen molar-refractivity contribution in [2.45, 2.75) is 6.92 Å². The van der Waals surface area contributed by atoms with Crippen LogP contribution in [0.15, 0.2) is 29.4 Å². The third-order valence-electron chi connectivity index (χ3n) is 2.07. The molecule has 0 radical (unpaired) electrons. The summed E-state index contributed by atoms with van der Waals surface area (Å²) in [5.74, 6) is 0.730. The summed E-state index contributed by atoms with van der Waals surface area (Å²) in [6.45, 7) is 2.50. The number of nitrogens with zero attached hydrogens (tertiary/aromatic N) is 2. The van der Waals surface area contributed by atoms with E-state index in [-0.39, 0.29) is 5.96 Å². The lowest BCUT2D eigenvalue weighted by Gasteiger charge is -2.22. The normalized spacial score (nSPS) is 11.2. The van der Waals surface area contributed by atoms with Crippen LogP contribution in [0.4, 0.5) is 5.69 Å². The van der Waals surface area contributed by atoms with Crippen molar-refractivity contribution in [2.75, 3.05) is 18.6 Å². The van der Waals surface area contributed by atoms with Gasteiger partial charge in [0, 0.05) is 6.54 Å². The molecule has 0 fully saturated rings. The number of oxime groups is 1. The number of ether oxygens (including phenoxy) is 1. The molecular formula is C10H15N3O2. The number of nitrogens with two attached hydrogens (primary N) is 1. The van der Waals surface area contributed by atoms with Crippen LogP contribution in [0.1, 0.15) is 6.92 Å². The van der Waals surface area contributed by atoms with Crippen molar-refractivity contribution in [3.63, 3.8) is 0 Å². The smallest absolute Gasteiger partial charge is 0.237 e. The van der Waals surface area contributed by atoms with Gasteiger partial charge < -0.3 is 20.6 Å². The summed E-state index contributed by atoms with van der Waals surface area (Å²) < 4.78 is 5.19. The van der Waals surface area contributed by atoms with Gasteiger partial charge in [0.1, 0.15) is 5.75 Å². The van der Waals surface area contributed by atoms with E-state index in [1.165, 1.54) is 0 Å². The average molecular weight is 209 g/mol. The van der Waals surface area contributed by atoms with Gasteiger partial charge in [-0.1, -0.05) is 17.3 Å². The van der Waals surface area contributed by atoms with Gasteiger partial charge in [-0.25, -0.2) is 0 Å². The van der Waals surface area contributed by atoms with Gasteiger partial charge in [-0.05, 0) is 19.1 Å². The third kappa shape index (κ3) is 2.31. The molecule has 82 valence electrons. The van der Waals surface area contributed by atoms with E-state index in [9.17, 15) is 0 Å². The number of anilines is 1. The van der Waals surface area contributed by atoms with Crippen molar-refractivity contribution in [3.8, 4) is 5.75 Å². The monoisotopic (exact) mass is 209 g/mol. The third-order valence-corrected chi connectivity index (χ3v) is 2.07. The number of rotatable bonds is 3. The highest BCUT2D eigenvalue weighted by Crippen LogP contribution is 2.27. The van der Waals surface area contributed by atoms with Gasteiger partial charge in [-0.2, -0.15) is 0 Å². The lowest BCUT2D eigenvalue weighted by molar-refractivity contribution is 0.317. The Morgan fingerprint density at radius 3 is 2.73 bits per heavy atom. The van der Waals surface area contributed by atoms with Gasteiger partial charge in [0.2, 0.25) is 5.96 Å². The Hall–Kier alpha value is -1.91. The van der Waals surface area contributed by atoms with Crippen LogP contribution in [0, 0.1) is 0 Å². The first-order chi connectivity index (χ1) is 7.24. The summed E-state index contributed by atoms with van der Waals surface area (Å²) in [4.78, 5) is 1.65. The molecule has 1 aromatic rings. The molecule has 15 heavy (non-hydrogen) atoms. The van der Waals surface area contributed by atoms with Gasteiger partial charge >= 0.3 is 0 Å². The first kappa shape index (κ1) is 11.2. The molecule has 0 aliphatic heterocycles. The van der Waals surface area contributed by atoms with E-state index >= 15 is 0 Å². The molecular weight excluding hydrogens is 194 g/mol. The standard InChI is InChI=1S/C10H15N3O2/c1-3-13(10(11)12-14)8-6-4-5-7-9(8)15-2/h4-7,14H,3H2,1-2H3,(H2,11,12). The summed E-state index contributed by atoms with van der Waals surface area (Å²) in [6.07, 6.45) is 0. The second-order valence-corrected chi connectivity index (χ2v) is 2.87. The van der Waals surface area contributed by atoms with Crippen LogP contribution < -0.4 is 15.4 Å². The number of hydrogen-bond acceptors (Lipinski definition) is 3. The maximum Gasteiger partial charge on any atom is 0.237 e. The highest BCUT2D eigenvalue weighted by atomic mass is 16.5. The van der Waals surface area contributed by atoms with E-state index in [2.05, 4.69) is 5.16 Å². The molecule has 5 nitrogen and oxygen atoms in total. The molecule has 0 amide bonds. The van der Waals surface area contributed by atoms with Crippen molar-refractivity contribution in [1.82, 2.24) is 0 Å². The quantitative estimate of drug-likeness (QED) is 0.340. The molecule has 3 N–H and O–H groups in total. The van der Waals surface area contributed by atoms with E-state index in [1.54, 1.807) is 12.0 Å². The average Bonchev–Trinajstić information content (AvgIpc) is 2.30. The van der Waals surface area contributed by atoms with Crippen molar-refractivity contribution < 1.29 is 9.94 Å². The first-order valence-corrected chi connectivity index (χ1v) is 4.62. The summed E-state index contributed by atoms with van der Waals surface area (Å²) in [5, 5.41) is 11.6. The largest absolute Gasteiger partial charge is 0.495 e. The summed E-state index contributed by atoms with van der Waals surface area (Å²) in [6, 6.07) is 7.40. The maximum atomic E-state index is 8.64. The minimum Gasteiger partial charge on any atom is -0.495 e. The van der Waals surface area contributed by atoms with E-state index in [4.69, 9.17) is 15.7 Å².